The van der Waals surface area contributed by atoms with Crippen molar-refractivity contribution in [3.63, 3.8) is 0 Å². The summed E-state index contributed by atoms with van der Waals surface area (Å²) in [6.07, 6.45) is 4.94. The lowest BCUT2D eigenvalue weighted by molar-refractivity contribution is -0.131. The highest BCUT2D eigenvalue weighted by Crippen LogP contribution is 2.20. The number of nitrogens with one attached hydrogen (secondary N) is 2. The fraction of sp³-hybridized carbons (Fsp3) is 0.438. The van der Waals surface area contributed by atoms with E-state index in [4.69, 9.17) is 0 Å². The number of benzene rings is 1. The number of hydrogen-bond acceptors (Lipinski definition) is 3. The molecule has 1 aliphatic heterocycles. The van der Waals surface area contributed by atoms with Crippen molar-refractivity contribution in [2.24, 2.45) is 0 Å². The number of para-hydroxylation sites is 1. The lowest BCUT2D eigenvalue weighted by Crippen LogP contribution is -2.49. The fourth-order valence-electron chi connectivity index (χ4n) is 3.16. The van der Waals surface area contributed by atoms with Gasteiger partial charge in [-0.2, -0.15) is 0 Å². The van der Waals surface area contributed by atoms with E-state index in [0.717, 1.165) is 35.6 Å². The molecule has 2 N–H and O–H groups in total. The van der Waals surface area contributed by atoms with E-state index in [1.807, 2.05) is 30.5 Å². The maximum atomic E-state index is 12.6. The second kappa shape index (κ2) is 6.33. The van der Waals surface area contributed by atoms with Crippen LogP contribution < -0.4 is 4.72 Å². The molecule has 1 aliphatic rings. The summed E-state index contributed by atoms with van der Waals surface area (Å²) in [6, 6.07) is 7.70. The first kappa shape index (κ1) is 16.0. The number of amides is 1. The molecule has 0 saturated carbocycles. The van der Waals surface area contributed by atoms with Gasteiger partial charge in [0, 0.05) is 36.2 Å². The van der Waals surface area contributed by atoms with Crippen LogP contribution in [-0.2, 0) is 21.2 Å². The Labute approximate surface area is 135 Å². The number of carbonyl (C=O) groups excluding carboxylic acids is 1. The van der Waals surface area contributed by atoms with Crippen molar-refractivity contribution in [3.8, 4) is 0 Å². The van der Waals surface area contributed by atoms with Crippen LogP contribution in [0.2, 0.25) is 0 Å². The molecule has 1 aromatic heterocycles. The molecule has 2 heterocycles. The van der Waals surface area contributed by atoms with Gasteiger partial charge in [-0.05, 0) is 24.5 Å². The van der Waals surface area contributed by atoms with E-state index < -0.39 is 10.0 Å². The smallest absolute Gasteiger partial charge is 0.227 e. The second-order valence-electron chi connectivity index (χ2n) is 6.11. The molecule has 6 nitrogen and oxygen atoms in total. The van der Waals surface area contributed by atoms with Crippen molar-refractivity contribution < 1.29 is 13.2 Å². The molecule has 0 spiro atoms. The molecule has 124 valence electrons. The van der Waals surface area contributed by atoms with Gasteiger partial charge in [0.15, 0.2) is 0 Å². The third-order valence-electron chi connectivity index (χ3n) is 4.17. The zero-order chi connectivity index (χ0) is 16.4. The van der Waals surface area contributed by atoms with Gasteiger partial charge in [0.25, 0.3) is 0 Å². The average Bonchev–Trinajstić information content (AvgIpc) is 2.89. The summed E-state index contributed by atoms with van der Waals surface area (Å²) in [7, 11) is -3.24. The van der Waals surface area contributed by atoms with E-state index in [0.29, 0.717) is 19.5 Å². The summed E-state index contributed by atoms with van der Waals surface area (Å²) in [5, 5.41) is 1.06. The molecule has 0 radical (unpaired) electrons. The first-order valence-electron chi connectivity index (χ1n) is 7.72. The zero-order valence-electron chi connectivity index (χ0n) is 13.1. The van der Waals surface area contributed by atoms with Crippen LogP contribution in [0.4, 0.5) is 0 Å². The predicted molar refractivity (Wildman–Crippen MR) is 89.6 cm³/mol. The van der Waals surface area contributed by atoms with Crippen LogP contribution in [0.1, 0.15) is 18.4 Å². The molecule has 2 aromatic rings. The number of carbonyl (C=O) groups is 1. The molecular weight excluding hydrogens is 314 g/mol. The van der Waals surface area contributed by atoms with Crippen molar-refractivity contribution in [2.45, 2.75) is 25.3 Å². The van der Waals surface area contributed by atoms with Crippen molar-refractivity contribution in [3.05, 3.63) is 36.0 Å². The maximum Gasteiger partial charge on any atom is 0.227 e. The van der Waals surface area contributed by atoms with Crippen molar-refractivity contribution in [2.75, 3.05) is 19.3 Å². The largest absolute Gasteiger partial charge is 0.361 e. The van der Waals surface area contributed by atoms with Gasteiger partial charge in [0.2, 0.25) is 15.9 Å². The number of aromatic nitrogens is 1. The minimum Gasteiger partial charge on any atom is -0.361 e. The van der Waals surface area contributed by atoms with Gasteiger partial charge in [-0.1, -0.05) is 18.2 Å². The number of nitrogens with zero attached hydrogens (tertiary/aromatic N) is 1. The topological polar surface area (TPSA) is 82.3 Å². The van der Waals surface area contributed by atoms with E-state index in [-0.39, 0.29) is 11.9 Å². The molecule has 0 aliphatic carbocycles. The lowest BCUT2D eigenvalue weighted by atomic mass is 10.0. The van der Waals surface area contributed by atoms with Crippen LogP contribution in [0.5, 0.6) is 0 Å². The Hall–Kier alpha value is -1.86. The molecule has 1 saturated heterocycles. The van der Waals surface area contributed by atoms with Crippen LogP contribution >= 0.6 is 0 Å². The third kappa shape index (κ3) is 3.92. The maximum absolute atomic E-state index is 12.6. The first-order valence-corrected chi connectivity index (χ1v) is 9.61. The Morgan fingerprint density at radius 1 is 1.39 bits per heavy atom. The zero-order valence-corrected chi connectivity index (χ0v) is 13.9. The molecule has 0 unspecified atom stereocenters. The Balaban J connectivity index is 1.68. The van der Waals surface area contributed by atoms with Crippen molar-refractivity contribution >= 4 is 26.8 Å². The van der Waals surface area contributed by atoms with E-state index in [1.165, 1.54) is 0 Å². The molecule has 3 rings (SSSR count). The Morgan fingerprint density at radius 3 is 2.96 bits per heavy atom. The fourth-order valence-corrected chi connectivity index (χ4v) is 3.95. The Kier molecular flexibility index (Phi) is 4.41. The lowest BCUT2D eigenvalue weighted by Gasteiger charge is -2.32. The van der Waals surface area contributed by atoms with Gasteiger partial charge < -0.3 is 9.88 Å². The van der Waals surface area contributed by atoms with Crippen molar-refractivity contribution in [1.29, 1.82) is 0 Å². The summed E-state index contributed by atoms with van der Waals surface area (Å²) in [5.41, 5.74) is 1.99. The number of fused-ring (bicyclic) bond motifs is 1. The number of aromatic amines is 1. The number of hydrogen-bond donors (Lipinski definition) is 2. The second-order valence-corrected chi connectivity index (χ2v) is 7.89. The van der Waals surface area contributed by atoms with Gasteiger partial charge in [-0.25, -0.2) is 13.1 Å². The standard InChI is InChI=1S/C16H21N3O3S/c1-23(21,22)18-13-5-4-8-19(11-13)16(20)9-12-10-17-15-7-3-2-6-14(12)15/h2-3,6-7,10,13,17-18H,4-5,8-9,11H2,1H3/t13-/m1/s1. The first-order chi connectivity index (χ1) is 10.9. The van der Waals surface area contributed by atoms with Gasteiger partial charge in [0.05, 0.1) is 12.7 Å². The number of likely N-dealkylation sites (tertiary alicyclic amines) is 1. The van der Waals surface area contributed by atoms with Gasteiger partial charge in [0.1, 0.15) is 0 Å². The molecule has 1 aromatic carbocycles. The van der Waals surface area contributed by atoms with E-state index >= 15 is 0 Å². The highest BCUT2D eigenvalue weighted by atomic mass is 32.2. The van der Waals surface area contributed by atoms with Crippen LogP contribution in [-0.4, -0.2) is 49.6 Å². The highest BCUT2D eigenvalue weighted by molar-refractivity contribution is 7.88. The Morgan fingerprint density at radius 2 is 2.17 bits per heavy atom. The van der Waals surface area contributed by atoms with Gasteiger partial charge in [-0.3, -0.25) is 4.79 Å². The number of piperidine rings is 1. The predicted octanol–water partition coefficient (Wildman–Crippen LogP) is 1.25. The average molecular weight is 335 g/mol. The summed E-state index contributed by atoms with van der Waals surface area (Å²) in [5.74, 6) is 0.0368. The van der Waals surface area contributed by atoms with Crippen LogP contribution in [0, 0.1) is 0 Å². The molecule has 7 heteroatoms. The number of sulfonamides is 1. The van der Waals surface area contributed by atoms with Gasteiger partial charge >= 0.3 is 0 Å². The molecular formula is C16H21N3O3S. The normalized spacial score (nSPS) is 19.2. The van der Waals surface area contributed by atoms with Crippen molar-refractivity contribution in [1.82, 2.24) is 14.6 Å². The summed E-state index contributed by atoms with van der Waals surface area (Å²) in [4.78, 5) is 17.5. The molecule has 0 bridgehead atoms. The van der Waals surface area contributed by atoms with Gasteiger partial charge in [-0.15, -0.1) is 0 Å². The third-order valence-corrected chi connectivity index (χ3v) is 4.93. The minimum atomic E-state index is -3.24. The molecule has 1 fully saturated rings. The van der Waals surface area contributed by atoms with E-state index in [9.17, 15) is 13.2 Å². The number of rotatable bonds is 4. The summed E-state index contributed by atoms with van der Waals surface area (Å²) < 4.78 is 25.3. The number of H-pyrrole nitrogens is 1. The minimum absolute atomic E-state index is 0.0368. The van der Waals surface area contributed by atoms with Crippen LogP contribution in [0.15, 0.2) is 30.5 Å². The quantitative estimate of drug-likeness (QED) is 0.882. The van der Waals surface area contributed by atoms with E-state index in [1.54, 1.807) is 4.90 Å². The molecule has 23 heavy (non-hydrogen) atoms. The molecule has 1 amide bonds. The molecule has 1 atom stereocenters. The summed E-state index contributed by atoms with van der Waals surface area (Å²) >= 11 is 0. The van der Waals surface area contributed by atoms with Crippen LogP contribution in [0.25, 0.3) is 10.9 Å². The SMILES string of the molecule is CS(=O)(=O)N[C@@H]1CCCN(C(=O)Cc2c[nH]c3ccccc23)C1. The van der Waals surface area contributed by atoms with E-state index in [2.05, 4.69) is 9.71 Å². The Bertz CT molecular complexity index is 813. The monoisotopic (exact) mass is 335 g/mol. The summed E-state index contributed by atoms with van der Waals surface area (Å²) in [6.45, 7) is 1.12. The van der Waals surface area contributed by atoms with Crippen LogP contribution in [0.3, 0.4) is 0 Å². The highest BCUT2D eigenvalue weighted by Gasteiger charge is 2.25.